The molecular formula is C20H19F5N4. The SMILES string of the molecule is N[C@@H]1CN(c2nc3cc(F)c(F)cc3n2CCc2cc(F)ccc2F)CC[C@H]1F. The summed E-state index contributed by atoms with van der Waals surface area (Å²) in [5.41, 5.74) is 6.52. The lowest BCUT2D eigenvalue weighted by Crippen LogP contribution is -2.50. The molecule has 2 N–H and O–H groups in total. The molecule has 0 aliphatic carbocycles. The van der Waals surface area contributed by atoms with Crippen LogP contribution in [0, 0.1) is 23.3 Å². The zero-order valence-corrected chi connectivity index (χ0v) is 15.4. The molecule has 29 heavy (non-hydrogen) atoms. The van der Waals surface area contributed by atoms with E-state index in [-0.39, 0.29) is 37.0 Å². The predicted molar refractivity (Wildman–Crippen MR) is 99.4 cm³/mol. The van der Waals surface area contributed by atoms with Crippen molar-refractivity contribution in [3.8, 4) is 0 Å². The number of nitrogens with two attached hydrogens (primary N) is 1. The number of halogens is 5. The molecule has 154 valence electrons. The molecule has 2 aromatic carbocycles. The number of anilines is 1. The third-order valence-electron chi connectivity index (χ3n) is 5.24. The zero-order chi connectivity index (χ0) is 20.7. The van der Waals surface area contributed by atoms with Crippen molar-refractivity contribution in [3.63, 3.8) is 0 Å². The molecule has 2 atom stereocenters. The number of alkyl halides is 1. The van der Waals surface area contributed by atoms with Gasteiger partial charge in [0.15, 0.2) is 11.6 Å². The lowest BCUT2D eigenvalue weighted by molar-refractivity contribution is 0.243. The lowest BCUT2D eigenvalue weighted by Gasteiger charge is -2.34. The molecule has 4 nitrogen and oxygen atoms in total. The molecule has 0 bridgehead atoms. The van der Waals surface area contributed by atoms with Gasteiger partial charge in [-0.05, 0) is 36.6 Å². The summed E-state index contributed by atoms with van der Waals surface area (Å²) < 4.78 is 70.4. The minimum Gasteiger partial charge on any atom is -0.340 e. The van der Waals surface area contributed by atoms with Crippen LogP contribution in [0.25, 0.3) is 11.0 Å². The summed E-state index contributed by atoms with van der Waals surface area (Å²) in [5, 5.41) is 0. The van der Waals surface area contributed by atoms with Crippen molar-refractivity contribution >= 4 is 17.0 Å². The van der Waals surface area contributed by atoms with Crippen LogP contribution in [0.15, 0.2) is 30.3 Å². The topological polar surface area (TPSA) is 47.1 Å². The maximum Gasteiger partial charge on any atom is 0.206 e. The van der Waals surface area contributed by atoms with Gasteiger partial charge in [0, 0.05) is 31.8 Å². The van der Waals surface area contributed by atoms with Crippen LogP contribution in [-0.2, 0) is 13.0 Å². The Hall–Kier alpha value is -2.68. The number of imidazole rings is 1. The fourth-order valence-corrected chi connectivity index (χ4v) is 3.67. The Kier molecular flexibility index (Phi) is 5.16. The fraction of sp³-hybridized carbons (Fsp3) is 0.350. The van der Waals surface area contributed by atoms with Crippen molar-refractivity contribution in [2.24, 2.45) is 5.73 Å². The third kappa shape index (κ3) is 3.78. The second-order valence-electron chi connectivity index (χ2n) is 7.22. The first-order chi connectivity index (χ1) is 13.8. The Balaban J connectivity index is 1.73. The van der Waals surface area contributed by atoms with Crippen LogP contribution in [0.2, 0.25) is 0 Å². The number of fused-ring (bicyclic) bond motifs is 1. The molecule has 1 aromatic heterocycles. The summed E-state index contributed by atoms with van der Waals surface area (Å²) in [6.07, 6.45) is -0.835. The summed E-state index contributed by atoms with van der Waals surface area (Å²) in [5.74, 6) is -2.84. The minimum atomic E-state index is -1.14. The summed E-state index contributed by atoms with van der Waals surface area (Å²) >= 11 is 0. The Morgan fingerprint density at radius 3 is 2.55 bits per heavy atom. The molecule has 2 heterocycles. The van der Waals surface area contributed by atoms with Crippen molar-refractivity contribution in [2.75, 3.05) is 18.0 Å². The maximum atomic E-state index is 14.0. The zero-order valence-electron chi connectivity index (χ0n) is 15.4. The first kappa shape index (κ1) is 19.6. The second kappa shape index (κ2) is 7.62. The van der Waals surface area contributed by atoms with E-state index in [2.05, 4.69) is 4.98 Å². The number of aromatic nitrogens is 2. The largest absolute Gasteiger partial charge is 0.340 e. The highest BCUT2D eigenvalue weighted by Crippen LogP contribution is 2.28. The highest BCUT2D eigenvalue weighted by atomic mass is 19.2. The van der Waals surface area contributed by atoms with Gasteiger partial charge >= 0.3 is 0 Å². The van der Waals surface area contributed by atoms with Gasteiger partial charge in [0.05, 0.1) is 17.1 Å². The van der Waals surface area contributed by atoms with E-state index in [4.69, 9.17) is 5.73 Å². The number of nitrogens with zero attached hydrogens (tertiary/aromatic N) is 3. The molecule has 4 rings (SSSR count). The molecule has 1 aliphatic rings. The minimum absolute atomic E-state index is 0.104. The van der Waals surface area contributed by atoms with Crippen molar-refractivity contribution in [1.82, 2.24) is 9.55 Å². The molecular weight excluding hydrogens is 391 g/mol. The Morgan fingerprint density at radius 1 is 1.03 bits per heavy atom. The summed E-state index contributed by atoms with van der Waals surface area (Å²) in [7, 11) is 0. The highest BCUT2D eigenvalue weighted by molar-refractivity contribution is 5.79. The molecule has 9 heteroatoms. The first-order valence-electron chi connectivity index (χ1n) is 9.27. The molecule has 0 unspecified atom stereocenters. The van der Waals surface area contributed by atoms with Gasteiger partial charge in [-0.3, -0.25) is 0 Å². The normalized spacial score (nSPS) is 19.9. The quantitative estimate of drug-likeness (QED) is 0.667. The van der Waals surface area contributed by atoms with Gasteiger partial charge in [-0.2, -0.15) is 0 Å². The second-order valence-corrected chi connectivity index (χ2v) is 7.22. The number of rotatable bonds is 4. The van der Waals surface area contributed by atoms with Crippen molar-refractivity contribution < 1.29 is 22.0 Å². The summed E-state index contributed by atoms with van der Waals surface area (Å²) in [4.78, 5) is 6.13. The van der Waals surface area contributed by atoms with Crippen LogP contribution in [0.4, 0.5) is 27.9 Å². The standard InChI is InChI=1S/C20H19F5N4/c21-12-1-2-13(22)11(7-12)3-6-29-19-9-16(25)15(24)8-18(19)27-20(29)28-5-4-14(23)17(26)10-28/h1-2,7-9,14,17H,3-6,10,26H2/t14-,17-/m1/s1. The number of aryl methyl sites for hydroxylation is 2. The van der Waals surface area contributed by atoms with Gasteiger partial charge < -0.3 is 15.2 Å². The van der Waals surface area contributed by atoms with E-state index in [0.717, 1.165) is 30.3 Å². The molecule has 1 saturated heterocycles. The van der Waals surface area contributed by atoms with Gasteiger partial charge in [0.1, 0.15) is 17.8 Å². The Bertz CT molecular complexity index is 1050. The van der Waals surface area contributed by atoms with E-state index in [9.17, 15) is 22.0 Å². The fourth-order valence-electron chi connectivity index (χ4n) is 3.67. The average Bonchev–Trinajstić information content (AvgIpc) is 3.02. The van der Waals surface area contributed by atoms with E-state index in [0.29, 0.717) is 18.0 Å². The van der Waals surface area contributed by atoms with Gasteiger partial charge in [0.2, 0.25) is 5.95 Å². The van der Waals surface area contributed by atoms with Crippen LogP contribution in [0.5, 0.6) is 0 Å². The Morgan fingerprint density at radius 2 is 1.79 bits per heavy atom. The van der Waals surface area contributed by atoms with Crippen molar-refractivity contribution in [1.29, 1.82) is 0 Å². The average molecular weight is 410 g/mol. The molecule has 1 aliphatic heterocycles. The maximum absolute atomic E-state index is 14.0. The van der Waals surface area contributed by atoms with Crippen LogP contribution in [-0.4, -0.2) is 34.9 Å². The van der Waals surface area contributed by atoms with E-state index < -0.39 is 35.5 Å². The monoisotopic (exact) mass is 410 g/mol. The molecule has 0 amide bonds. The van der Waals surface area contributed by atoms with Gasteiger partial charge in [0.25, 0.3) is 0 Å². The van der Waals surface area contributed by atoms with E-state index >= 15 is 0 Å². The van der Waals surface area contributed by atoms with Crippen molar-refractivity contribution in [2.45, 2.75) is 31.6 Å². The predicted octanol–water partition coefficient (Wildman–Crippen LogP) is 3.71. The van der Waals surface area contributed by atoms with E-state index in [1.165, 1.54) is 0 Å². The number of hydrogen-bond donors (Lipinski definition) is 1. The van der Waals surface area contributed by atoms with E-state index in [1.807, 2.05) is 0 Å². The molecule has 0 saturated carbocycles. The van der Waals surface area contributed by atoms with Gasteiger partial charge in [-0.25, -0.2) is 26.9 Å². The summed E-state index contributed by atoms with van der Waals surface area (Å²) in [6.45, 7) is 0.656. The first-order valence-corrected chi connectivity index (χ1v) is 9.27. The number of piperidine rings is 1. The lowest BCUT2D eigenvalue weighted by atomic mass is 10.1. The van der Waals surface area contributed by atoms with Crippen LogP contribution < -0.4 is 10.6 Å². The highest BCUT2D eigenvalue weighted by Gasteiger charge is 2.29. The summed E-state index contributed by atoms with van der Waals surface area (Å²) in [6, 6.07) is 4.44. The van der Waals surface area contributed by atoms with Gasteiger partial charge in [-0.15, -0.1) is 0 Å². The van der Waals surface area contributed by atoms with Crippen LogP contribution >= 0.6 is 0 Å². The van der Waals surface area contributed by atoms with Crippen molar-refractivity contribution in [3.05, 3.63) is 59.2 Å². The van der Waals surface area contributed by atoms with Gasteiger partial charge in [-0.1, -0.05) is 0 Å². The smallest absolute Gasteiger partial charge is 0.206 e. The molecule has 3 aromatic rings. The Labute approximate surface area is 163 Å². The van der Waals surface area contributed by atoms with Crippen LogP contribution in [0.3, 0.4) is 0 Å². The van der Waals surface area contributed by atoms with E-state index in [1.54, 1.807) is 9.47 Å². The third-order valence-corrected chi connectivity index (χ3v) is 5.24. The molecule has 1 fully saturated rings. The molecule has 0 spiro atoms. The number of hydrogen-bond acceptors (Lipinski definition) is 3. The number of benzene rings is 2. The molecule has 0 radical (unpaired) electrons. The van der Waals surface area contributed by atoms with Crippen LogP contribution in [0.1, 0.15) is 12.0 Å².